The number of carbonyl (C=O) groups is 2. The van der Waals surface area contributed by atoms with E-state index in [9.17, 15) is 14.9 Å². The Labute approximate surface area is 236 Å². The standard InChI is InChI=1S/C30H29N7O4/c31-14-19-2-1-3-24(10-19)36-16-20(12-28(36)39)11-27(38)35-8-6-21(7-9-35)30-33-29(34-41-30)22-4-5-23-15-32-37(26(23)13-22)25-17-40-18-25/h1-5,10,13,15,20-21,25H,6-9,11-12,16-18H2/t20-/m0/s1. The lowest BCUT2D eigenvalue weighted by atomic mass is 9.95. The molecule has 0 unspecified atom stereocenters. The van der Waals surface area contributed by atoms with E-state index in [1.165, 1.54) is 0 Å². The number of hydrogen-bond donors (Lipinski definition) is 0. The minimum Gasteiger partial charge on any atom is -0.377 e. The van der Waals surface area contributed by atoms with Crippen molar-refractivity contribution in [1.29, 1.82) is 5.26 Å². The van der Waals surface area contributed by atoms with Gasteiger partial charge in [-0.1, -0.05) is 23.4 Å². The maximum absolute atomic E-state index is 13.1. The number of nitrogens with zero attached hydrogens (tertiary/aromatic N) is 7. The van der Waals surface area contributed by atoms with Gasteiger partial charge in [0.05, 0.1) is 42.6 Å². The summed E-state index contributed by atoms with van der Waals surface area (Å²) in [7, 11) is 0. The number of hydrogen-bond acceptors (Lipinski definition) is 8. The second-order valence-corrected chi connectivity index (χ2v) is 11.1. The van der Waals surface area contributed by atoms with Crippen molar-refractivity contribution in [2.75, 3.05) is 37.7 Å². The number of piperidine rings is 1. The van der Waals surface area contributed by atoms with Gasteiger partial charge in [-0.15, -0.1) is 0 Å². The van der Waals surface area contributed by atoms with Gasteiger partial charge < -0.3 is 19.1 Å². The van der Waals surface area contributed by atoms with Crippen molar-refractivity contribution in [2.24, 2.45) is 5.92 Å². The van der Waals surface area contributed by atoms with Crippen molar-refractivity contribution in [3.05, 3.63) is 60.1 Å². The molecule has 2 aromatic heterocycles. The van der Waals surface area contributed by atoms with Crippen LogP contribution in [-0.4, -0.2) is 69.5 Å². The Kier molecular flexibility index (Phi) is 6.47. The van der Waals surface area contributed by atoms with Gasteiger partial charge in [-0.3, -0.25) is 14.3 Å². The van der Waals surface area contributed by atoms with Crippen LogP contribution in [0.1, 0.15) is 49.1 Å². The summed E-state index contributed by atoms with van der Waals surface area (Å²) in [6.45, 7) is 3.06. The molecule has 3 aliphatic heterocycles. The fourth-order valence-electron chi connectivity index (χ4n) is 6.01. The second kappa shape index (κ2) is 10.4. The van der Waals surface area contributed by atoms with E-state index in [2.05, 4.69) is 16.3 Å². The third kappa shape index (κ3) is 4.85. The number of ether oxygens (including phenoxy) is 1. The van der Waals surface area contributed by atoms with Crippen molar-refractivity contribution < 1.29 is 18.8 Å². The molecule has 7 rings (SSSR count). The summed E-state index contributed by atoms with van der Waals surface area (Å²) < 4.78 is 13.0. The van der Waals surface area contributed by atoms with E-state index in [-0.39, 0.29) is 29.7 Å². The lowest BCUT2D eigenvalue weighted by molar-refractivity contribution is -0.133. The zero-order chi connectivity index (χ0) is 27.9. The first-order valence-electron chi connectivity index (χ1n) is 14.0. The van der Waals surface area contributed by atoms with E-state index < -0.39 is 0 Å². The number of carbonyl (C=O) groups excluding carboxylic acids is 2. The number of amides is 2. The monoisotopic (exact) mass is 551 g/mol. The highest BCUT2D eigenvalue weighted by Gasteiger charge is 2.34. The Hall–Kier alpha value is -4.56. The van der Waals surface area contributed by atoms with E-state index in [1.54, 1.807) is 23.1 Å². The predicted octanol–water partition coefficient (Wildman–Crippen LogP) is 3.68. The third-order valence-electron chi connectivity index (χ3n) is 8.42. The number of aromatic nitrogens is 4. The summed E-state index contributed by atoms with van der Waals surface area (Å²) in [6, 6.07) is 15.5. The van der Waals surface area contributed by atoms with Gasteiger partial charge in [0, 0.05) is 55.0 Å². The van der Waals surface area contributed by atoms with Gasteiger partial charge in [-0.25, -0.2) is 0 Å². The summed E-state index contributed by atoms with van der Waals surface area (Å²) in [6.07, 6.45) is 4.03. The lowest BCUT2D eigenvalue weighted by Crippen LogP contribution is -2.39. The molecule has 5 heterocycles. The highest BCUT2D eigenvalue weighted by atomic mass is 16.5. The fraction of sp³-hybridized carbons (Fsp3) is 0.400. The summed E-state index contributed by atoms with van der Waals surface area (Å²) in [5, 5.41) is 19.0. The summed E-state index contributed by atoms with van der Waals surface area (Å²) in [4.78, 5) is 34.0. The van der Waals surface area contributed by atoms with Crippen LogP contribution in [0.4, 0.5) is 5.69 Å². The van der Waals surface area contributed by atoms with Gasteiger partial charge in [-0.2, -0.15) is 15.3 Å². The van der Waals surface area contributed by atoms with E-state index in [4.69, 9.17) is 14.2 Å². The van der Waals surface area contributed by atoms with Crippen LogP contribution >= 0.6 is 0 Å². The lowest BCUT2D eigenvalue weighted by Gasteiger charge is -2.31. The van der Waals surface area contributed by atoms with Crippen molar-refractivity contribution in [3.63, 3.8) is 0 Å². The first-order chi connectivity index (χ1) is 20.1. The molecule has 0 bridgehead atoms. The molecule has 208 valence electrons. The molecule has 2 amide bonds. The quantitative estimate of drug-likeness (QED) is 0.355. The number of anilines is 1. The molecule has 0 aliphatic carbocycles. The Balaban J connectivity index is 0.953. The topological polar surface area (TPSA) is 130 Å². The number of nitriles is 1. The number of rotatable bonds is 6. The Morgan fingerprint density at radius 3 is 2.76 bits per heavy atom. The van der Waals surface area contributed by atoms with Crippen LogP contribution in [0.15, 0.2) is 53.2 Å². The van der Waals surface area contributed by atoms with Crippen molar-refractivity contribution >= 4 is 28.4 Å². The first kappa shape index (κ1) is 25.4. The molecule has 0 radical (unpaired) electrons. The molecule has 3 aliphatic rings. The number of likely N-dealkylation sites (tertiary alicyclic amines) is 1. The minimum absolute atomic E-state index is 0.00976. The van der Waals surface area contributed by atoms with Crippen LogP contribution in [0.2, 0.25) is 0 Å². The van der Waals surface area contributed by atoms with E-state index >= 15 is 0 Å². The SMILES string of the molecule is N#Cc1cccc(N2C[C@@H](CC(=O)N3CCC(c4nc(-c5ccc6cnn(C7COC7)c6c5)no4)CC3)CC2=O)c1. The molecule has 3 saturated heterocycles. The predicted molar refractivity (Wildman–Crippen MR) is 148 cm³/mol. The van der Waals surface area contributed by atoms with E-state index in [0.29, 0.717) is 68.7 Å². The first-order valence-corrected chi connectivity index (χ1v) is 14.0. The maximum atomic E-state index is 13.1. The average Bonchev–Trinajstić information content (AvgIpc) is 3.71. The van der Waals surface area contributed by atoms with Gasteiger partial charge >= 0.3 is 0 Å². The Bertz CT molecular complexity index is 1660. The molecule has 0 spiro atoms. The third-order valence-corrected chi connectivity index (χ3v) is 8.42. The smallest absolute Gasteiger partial charge is 0.230 e. The number of benzene rings is 2. The molecular formula is C30H29N7O4. The van der Waals surface area contributed by atoms with Crippen LogP contribution in [0.5, 0.6) is 0 Å². The van der Waals surface area contributed by atoms with Gasteiger partial charge in [0.25, 0.3) is 0 Å². The highest BCUT2D eigenvalue weighted by molar-refractivity contribution is 5.96. The van der Waals surface area contributed by atoms with Crippen LogP contribution in [-0.2, 0) is 14.3 Å². The van der Waals surface area contributed by atoms with Crippen LogP contribution in [0.25, 0.3) is 22.3 Å². The zero-order valence-electron chi connectivity index (χ0n) is 22.5. The Morgan fingerprint density at radius 1 is 1.12 bits per heavy atom. The minimum atomic E-state index is -0.0394. The molecule has 0 N–H and O–H groups in total. The molecule has 1 atom stereocenters. The van der Waals surface area contributed by atoms with Gasteiger partial charge in [-0.05, 0) is 43.0 Å². The molecule has 3 fully saturated rings. The summed E-state index contributed by atoms with van der Waals surface area (Å²) in [5.74, 6) is 1.27. The Morgan fingerprint density at radius 2 is 1.98 bits per heavy atom. The second-order valence-electron chi connectivity index (χ2n) is 11.1. The van der Waals surface area contributed by atoms with Crippen molar-refractivity contribution in [1.82, 2.24) is 24.8 Å². The van der Waals surface area contributed by atoms with E-state index in [1.807, 2.05) is 40.0 Å². The molecule has 0 saturated carbocycles. The normalized spacial score (nSPS) is 20.0. The molecule has 2 aromatic carbocycles. The van der Waals surface area contributed by atoms with Gasteiger partial charge in [0.2, 0.25) is 23.5 Å². The molecule has 11 nitrogen and oxygen atoms in total. The van der Waals surface area contributed by atoms with Crippen molar-refractivity contribution in [3.8, 4) is 17.5 Å². The molecule has 4 aromatic rings. The summed E-state index contributed by atoms with van der Waals surface area (Å²) in [5.41, 5.74) is 3.12. The summed E-state index contributed by atoms with van der Waals surface area (Å²) >= 11 is 0. The van der Waals surface area contributed by atoms with Crippen LogP contribution in [0.3, 0.4) is 0 Å². The number of fused-ring (bicyclic) bond motifs is 1. The zero-order valence-corrected chi connectivity index (χ0v) is 22.5. The van der Waals surface area contributed by atoms with Crippen molar-refractivity contribution in [2.45, 2.75) is 37.6 Å². The highest BCUT2D eigenvalue weighted by Crippen LogP contribution is 2.32. The van der Waals surface area contributed by atoms with Gasteiger partial charge in [0.15, 0.2) is 0 Å². The van der Waals surface area contributed by atoms with Crippen LogP contribution < -0.4 is 4.90 Å². The van der Waals surface area contributed by atoms with E-state index in [0.717, 1.165) is 29.3 Å². The largest absolute Gasteiger partial charge is 0.377 e. The van der Waals surface area contributed by atoms with Gasteiger partial charge in [0.1, 0.15) is 0 Å². The average molecular weight is 552 g/mol. The van der Waals surface area contributed by atoms with Crippen LogP contribution in [0, 0.1) is 17.2 Å². The molecular weight excluding hydrogens is 522 g/mol. The fourth-order valence-corrected chi connectivity index (χ4v) is 6.01. The molecule has 11 heteroatoms. The maximum Gasteiger partial charge on any atom is 0.230 e. The molecule has 41 heavy (non-hydrogen) atoms.